The Hall–Kier alpha value is -2.35. The maximum Gasteiger partial charge on any atom is 0.258 e. The highest BCUT2D eigenvalue weighted by atomic mass is 32.2. The van der Waals surface area contributed by atoms with Crippen LogP contribution in [0.4, 0.5) is 4.39 Å². The van der Waals surface area contributed by atoms with Gasteiger partial charge in [-0.3, -0.25) is 9.59 Å². The first kappa shape index (κ1) is 19.0. The summed E-state index contributed by atoms with van der Waals surface area (Å²) in [5.74, 6) is -1.00. The second-order valence-electron chi connectivity index (χ2n) is 5.43. The average Bonchev–Trinajstić information content (AvgIpc) is 2.58. The molecular formula is C17H20FN3O3S. The Morgan fingerprint density at radius 2 is 2.16 bits per heavy atom. The molecular weight excluding hydrogens is 345 g/mol. The van der Waals surface area contributed by atoms with Gasteiger partial charge in [0, 0.05) is 13.0 Å². The fraction of sp³-hybridized carbons (Fsp3) is 0.353. The lowest BCUT2D eigenvalue weighted by Gasteiger charge is -2.07. The zero-order valence-electron chi connectivity index (χ0n) is 13.8. The van der Waals surface area contributed by atoms with Gasteiger partial charge < -0.3 is 15.4 Å². The number of carbonyl (C=O) groups excluding carboxylic acids is 1. The molecule has 1 heterocycles. The number of thioether (sulfide) groups is 1. The fourth-order valence-electron chi connectivity index (χ4n) is 2.12. The van der Waals surface area contributed by atoms with E-state index in [0.717, 1.165) is 24.6 Å². The van der Waals surface area contributed by atoms with Gasteiger partial charge in [0.2, 0.25) is 11.8 Å². The van der Waals surface area contributed by atoms with Gasteiger partial charge in [-0.2, -0.15) is 4.98 Å². The molecule has 25 heavy (non-hydrogen) atoms. The van der Waals surface area contributed by atoms with Gasteiger partial charge >= 0.3 is 0 Å². The van der Waals surface area contributed by atoms with Crippen LogP contribution in [0.2, 0.25) is 0 Å². The maximum absolute atomic E-state index is 13.7. The van der Waals surface area contributed by atoms with E-state index < -0.39 is 17.3 Å². The Balaban J connectivity index is 2.03. The van der Waals surface area contributed by atoms with Crippen molar-refractivity contribution in [1.29, 1.82) is 0 Å². The number of nitrogens with one attached hydrogen (secondary N) is 2. The van der Waals surface area contributed by atoms with Crippen LogP contribution in [0.15, 0.2) is 34.2 Å². The lowest BCUT2D eigenvalue weighted by molar-refractivity contribution is -0.118. The topological polar surface area (TPSA) is 95.1 Å². The number of benzene rings is 1. The van der Waals surface area contributed by atoms with Gasteiger partial charge in [0.25, 0.3) is 5.56 Å². The van der Waals surface area contributed by atoms with E-state index in [9.17, 15) is 19.1 Å². The number of aromatic hydroxyl groups is 1. The molecule has 0 bridgehead atoms. The molecule has 0 fully saturated rings. The number of aromatic amines is 1. The third-order valence-corrected chi connectivity index (χ3v) is 4.36. The van der Waals surface area contributed by atoms with Crippen molar-refractivity contribution in [3.05, 3.63) is 51.6 Å². The fourth-order valence-corrected chi connectivity index (χ4v) is 2.80. The van der Waals surface area contributed by atoms with Crippen molar-refractivity contribution in [3.8, 4) is 5.88 Å². The first-order valence-corrected chi connectivity index (χ1v) is 8.95. The summed E-state index contributed by atoms with van der Waals surface area (Å²) < 4.78 is 13.7. The van der Waals surface area contributed by atoms with Gasteiger partial charge in [-0.05, 0) is 18.1 Å². The largest absolute Gasteiger partial charge is 0.493 e. The molecule has 0 saturated carbocycles. The van der Waals surface area contributed by atoms with Crippen LogP contribution in [0.1, 0.15) is 30.9 Å². The molecule has 2 aromatic rings. The summed E-state index contributed by atoms with van der Waals surface area (Å²) in [6.07, 6.45) is 1.82. The number of hydrogen-bond donors (Lipinski definition) is 3. The summed E-state index contributed by atoms with van der Waals surface area (Å²) in [6, 6.07) is 6.03. The molecule has 1 amide bonds. The van der Waals surface area contributed by atoms with Crippen molar-refractivity contribution in [3.63, 3.8) is 0 Å². The SMILES string of the molecule is CCCCNC(=O)CSc1nc(O)c(Cc2ccccc2F)c(=O)[nH]1. The minimum absolute atomic E-state index is 0.0122. The van der Waals surface area contributed by atoms with Crippen LogP contribution in [0, 0.1) is 5.82 Å². The Kier molecular flexibility index (Phi) is 7.00. The molecule has 8 heteroatoms. The quantitative estimate of drug-likeness (QED) is 0.379. The van der Waals surface area contributed by atoms with Gasteiger partial charge in [0.05, 0.1) is 11.3 Å². The lowest BCUT2D eigenvalue weighted by atomic mass is 10.1. The van der Waals surface area contributed by atoms with Gasteiger partial charge in [0.15, 0.2) is 5.16 Å². The van der Waals surface area contributed by atoms with Crippen LogP contribution >= 0.6 is 11.8 Å². The van der Waals surface area contributed by atoms with E-state index in [1.807, 2.05) is 6.92 Å². The molecule has 0 spiro atoms. The van der Waals surface area contributed by atoms with Crippen LogP contribution in [-0.4, -0.2) is 33.3 Å². The van der Waals surface area contributed by atoms with E-state index in [-0.39, 0.29) is 28.8 Å². The third kappa shape index (κ3) is 5.60. The molecule has 0 atom stereocenters. The summed E-state index contributed by atoms with van der Waals surface area (Å²) in [5, 5.41) is 12.9. The van der Waals surface area contributed by atoms with E-state index in [2.05, 4.69) is 15.3 Å². The molecule has 134 valence electrons. The second kappa shape index (κ2) is 9.22. The van der Waals surface area contributed by atoms with E-state index in [1.54, 1.807) is 12.1 Å². The smallest absolute Gasteiger partial charge is 0.258 e. The van der Waals surface area contributed by atoms with E-state index in [0.29, 0.717) is 12.1 Å². The Labute approximate surface area is 148 Å². The van der Waals surface area contributed by atoms with Crippen molar-refractivity contribution in [2.45, 2.75) is 31.3 Å². The van der Waals surface area contributed by atoms with E-state index in [4.69, 9.17) is 0 Å². The first-order chi connectivity index (χ1) is 12.0. The zero-order valence-corrected chi connectivity index (χ0v) is 14.7. The highest BCUT2D eigenvalue weighted by Gasteiger charge is 2.14. The van der Waals surface area contributed by atoms with Gasteiger partial charge in [-0.25, -0.2) is 4.39 Å². The lowest BCUT2D eigenvalue weighted by Crippen LogP contribution is -2.26. The first-order valence-electron chi connectivity index (χ1n) is 7.96. The second-order valence-corrected chi connectivity index (χ2v) is 6.40. The highest BCUT2D eigenvalue weighted by Crippen LogP contribution is 2.19. The number of nitrogens with zero attached hydrogens (tertiary/aromatic N) is 1. The molecule has 1 aromatic heterocycles. The average molecular weight is 365 g/mol. The van der Waals surface area contributed by atoms with Crippen LogP contribution in [0.25, 0.3) is 0 Å². The molecule has 0 radical (unpaired) electrons. The zero-order chi connectivity index (χ0) is 18.2. The van der Waals surface area contributed by atoms with Crippen molar-refractivity contribution < 1.29 is 14.3 Å². The monoisotopic (exact) mass is 365 g/mol. The summed E-state index contributed by atoms with van der Waals surface area (Å²) >= 11 is 1.02. The molecule has 0 aliphatic carbocycles. The number of rotatable bonds is 8. The minimum atomic E-state index is -0.551. The summed E-state index contributed by atoms with van der Waals surface area (Å²) in [6.45, 7) is 2.63. The normalized spacial score (nSPS) is 10.6. The van der Waals surface area contributed by atoms with E-state index >= 15 is 0 Å². The van der Waals surface area contributed by atoms with Crippen molar-refractivity contribution in [1.82, 2.24) is 15.3 Å². The van der Waals surface area contributed by atoms with Crippen molar-refractivity contribution >= 4 is 17.7 Å². The highest BCUT2D eigenvalue weighted by molar-refractivity contribution is 7.99. The number of hydrogen-bond acceptors (Lipinski definition) is 5. The summed E-state index contributed by atoms with van der Waals surface area (Å²) in [4.78, 5) is 30.2. The van der Waals surface area contributed by atoms with Gasteiger partial charge in [-0.15, -0.1) is 0 Å². The molecule has 1 aromatic carbocycles. The Bertz CT molecular complexity index is 795. The minimum Gasteiger partial charge on any atom is -0.493 e. The summed E-state index contributed by atoms with van der Waals surface area (Å²) in [7, 11) is 0. The molecule has 0 aliphatic heterocycles. The number of H-pyrrole nitrogens is 1. The standard InChI is InChI=1S/C17H20FN3O3S/c1-2-3-8-19-14(22)10-25-17-20-15(23)12(16(24)21-17)9-11-6-4-5-7-13(11)18/h4-7H,2-3,8-10H2,1H3,(H,19,22)(H2,20,21,23,24). The number of carbonyl (C=O) groups is 1. The number of aromatic nitrogens is 2. The van der Waals surface area contributed by atoms with E-state index in [1.165, 1.54) is 12.1 Å². The van der Waals surface area contributed by atoms with Crippen molar-refractivity contribution in [2.75, 3.05) is 12.3 Å². The summed E-state index contributed by atoms with van der Waals surface area (Å²) in [5.41, 5.74) is -0.271. The molecule has 0 saturated heterocycles. The van der Waals surface area contributed by atoms with Crippen LogP contribution in [-0.2, 0) is 11.2 Å². The maximum atomic E-state index is 13.7. The number of unbranched alkanes of at least 4 members (excludes halogenated alkanes) is 1. The number of amides is 1. The predicted octanol–water partition coefficient (Wildman–Crippen LogP) is 2.21. The molecule has 3 N–H and O–H groups in total. The molecule has 0 unspecified atom stereocenters. The molecule has 2 rings (SSSR count). The third-order valence-electron chi connectivity index (χ3n) is 3.49. The Morgan fingerprint density at radius 3 is 2.84 bits per heavy atom. The van der Waals surface area contributed by atoms with Gasteiger partial charge in [0.1, 0.15) is 5.82 Å². The van der Waals surface area contributed by atoms with Crippen LogP contribution in [0.3, 0.4) is 0 Å². The number of halogens is 1. The molecule has 0 aliphatic rings. The van der Waals surface area contributed by atoms with Crippen LogP contribution < -0.4 is 10.9 Å². The molecule has 6 nitrogen and oxygen atoms in total. The van der Waals surface area contributed by atoms with Crippen LogP contribution in [0.5, 0.6) is 5.88 Å². The Morgan fingerprint density at radius 1 is 1.40 bits per heavy atom. The predicted molar refractivity (Wildman–Crippen MR) is 94.4 cm³/mol. The van der Waals surface area contributed by atoms with Gasteiger partial charge in [-0.1, -0.05) is 43.3 Å². The van der Waals surface area contributed by atoms with Crippen molar-refractivity contribution in [2.24, 2.45) is 0 Å².